The van der Waals surface area contributed by atoms with Crippen molar-refractivity contribution in [2.24, 2.45) is 5.73 Å². The van der Waals surface area contributed by atoms with Gasteiger partial charge >= 0.3 is 0 Å². The Morgan fingerprint density at radius 3 is 2.69 bits per heavy atom. The van der Waals surface area contributed by atoms with Gasteiger partial charge in [-0.2, -0.15) is 0 Å². The standard InChI is InChI=1S/C11H20N2O2S/c1-3-8-16(14,15)9-7-13-6-4-5-11(13)10(2)12/h4-6,10H,3,7-9,12H2,1-2H3. The molecule has 0 saturated heterocycles. The van der Waals surface area contributed by atoms with Gasteiger partial charge in [0, 0.05) is 30.2 Å². The fourth-order valence-corrected chi connectivity index (χ4v) is 3.00. The minimum Gasteiger partial charge on any atom is -0.349 e. The third-order valence-electron chi connectivity index (χ3n) is 2.49. The quantitative estimate of drug-likeness (QED) is 0.821. The van der Waals surface area contributed by atoms with Crippen molar-refractivity contribution in [2.75, 3.05) is 11.5 Å². The average molecular weight is 244 g/mol. The second-order valence-electron chi connectivity index (χ2n) is 4.07. The van der Waals surface area contributed by atoms with E-state index in [4.69, 9.17) is 5.73 Å². The molecule has 92 valence electrons. The van der Waals surface area contributed by atoms with Crippen LogP contribution >= 0.6 is 0 Å². The van der Waals surface area contributed by atoms with Gasteiger partial charge in [0.05, 0.1) is 5.75 Å². The first kappa shape index (κ1) is 13.3. The van der Waals surface area contributed by atoms with Crippen molar-refractivity contribution >= 4 is 9.84 Å². The van der Waals surface area contributed by atoms with Gasteiger partial charge in [-0.25, -0.2) is 8.42 Å². The van der Waals surface area contributed by atoms with Gasteiger partial charge in [0.1, 0.15) is 0 Å². The number of nitrogens with zero attached hydrogens (tertiary/aromatic N) is 1. The van der Waals surface area contributed by atoms with Crippen molar-refractivity contribution in [3.8, 4) is 0 Å². The van der Waals surface area contributed by atoms with Crippen LogP contribution in [0, 0.1) is 0 Å². The molecule has 0 radical (unpaired) electrons. The van der Waals surface area contributed by atoms with Crippen molar-refractivity contribution in [1.82, 2.24) is 4.57 Å². The predicted molar refractivity (Wildman–Crippen MR) is 66.0 cm³/mol. The van der Waals surface area contributed by atoms with E-state index in [0.717, 1.165) is 5.69 Å². The van der Waals surface area contributed by atoms with E-state index in [-0.39, 0.29) is 17.5 Å². The van der Waals surface area contributed by atoms with Crippen LogP contribution in [0.5, 0.6) is 0 Å². The van der Waals surface area contributed by atoms with Crippen molar-refractivity contribution in [2.45, 2.75) is 32.9 Å². The Bertz CT molecular complexity index is 421. The summed E-state index contributed by atoms with van der Waals surface area (Å²) < 4.78 is 25.0. The Morgan fingerprint density at radius 2 is 2.12 bits per heavy atom. The molecule has 0 aliphatic carbocycles. The van der Waals surface area contributed by atoms with E-state index >= 15 is 0 Å². The summed E-state index contributed by atoms with van der Waals surface area (Å²) in [5.74, 6) is 0.455. The molecular weight excluding hydrogens is 224 g/mol. The minimum atomic E-state index is -2.91. The molecule has 1 aromatic rings. The van der Waals surface area contributed by atoms with E-state index in [0.29, 0.717) is 13.0 Å². The highest BCUT2D eigenvalue weighted by Crippen LogP contribution is 2.11. The molecule has 0 aliphatic rings. The van der Waals surface area contributed by atoms with Crippen LogP contribution in [0.4, 0.5) is 0 Å². The number of rotatable bonds is 6. The molecule has 4 nitrogen and oxygen atoms in total. The van der Waals surface area contributed by atoms with Gasteiger partial charge in [0.2, 0.25) is 0 Å². The second-order valence-corrected chi connectivity index (χ2v) is 6.37. The molecule has 0 saturated carbocycles. The maximum absolute atomic E-state index is 11.6. The Hall–Kier alpha value is -0.810. The lowest BCUT2D eigenvalue weighted by Crippen LogP contribution is -2.18. The molecule has 0 aliphatic heterocycles. The molecule has 1 rings (SSSR count). The molecule has 5 heteroatoms. The fraction of sp³-hybridized carbons (Fsp3) is 0.636. The Morgan fingerprint density at radius 1 is 1.44 bits per heavy atom. The molecule has 0 fully saturated rings. The third kappa shape index (κ3) is 3.64. The van der Waals surface area contributed by atoms with Crippen molar-refractivity contribution in [1.29, 1.82) is 0 Å². The van der Waals surface area contributed by atoms with Gasteiger partial charge in [0.25, 0.3) is 0 Å². The normalized spacial score (nSPS) is 13.9. The smallest absolute Gasteiger partial charge is 0.152 e. The molecule has 1 atom stereocenters. The van der Waals surface area contributed by atoms with E-state index in [1.807, 2.05) is 36.7 Å². The molecule has 1 heterocycles. The number of hydrogen-bond acceptors (Lipinski definition) is 3. The number of aryl methyl sites for hydroxylation is 1. The monoisotopic (exact) mass is 244 g/mol. The van der Waals surface area contributed by atoms with Crippen LogP contribution in [0.25, 0.3) is 0 Å². The summed E-state index contributed by atoms with van der Waals surface area (Å²) in [5.41, 5.74) is 6.77. The second kappa shape index (κ2) is 5.50. The Labute approximate surface area is 97.4 Å². The summed E-state index contributed by atoms with van der Waals surface area (Å²) >= 11 is 0. The molecule has 1 aromatic heterocycles. The highest BCUT2D eigenvalue weighted by atomic mass is 32.2. The lowest BCUT2D eigenvalue weighted by Gasteiger charge is -2.11. The lowest BCUT2D eigenvalue weighted by atomic mass is 10.2. The van der Waals surface area contributed by atoms with Crippen LogP contribution in [-0.4, -0.2) is 24.5 Å². The summed E-state index contributed by atoms with van der Waals surface area (Å²) in [4.78, 5) is 0. The van der Waals surface area contributed by atoms with Gasteiger partial charge in [0.15, 0.2) is 9.84 Å². The highest BCUT2D eigenvalue weighted by Gasteiger charge is 2.11. The van der Waals surface area contributed by atoms with E-state index in [9.17, 15) is 8.42 Å². The maximum atomic E-state index is 11.6. The molecule has 0 bridgehead atoms. The van der Waals surface area contributed by atoms with Crippen LogP contribution in [0.3, 0.4) is 0 Å². The van der Waals surface area contributed by atoms with Crippen LogP contribution in [-0.2, 0) is 16.4 Å². The van der Waals surface area contributed by atoms with Crippen molar-refractivity contribution in [3.63, 3.8) is 0 Å². The average Bonchev–Trinajstić information content (AvgIpc) is 2.62. The molecule has 0 spiro atoms. The third-order valence-corrected chi connectivity index (χ3v) is 4.32. The van der Waals surface area contributed by atoms with Crippen LogP contribution < -0.4 is 5.73 Å². The van der Waals surface area contributed by atoms with Gasteiger partial charge in [-0.3, -0.25) is 0 Å². The zero-order chi connectivity index (χ0) is 12.2. The first-order chi connectivity index (χ1) is 7.46. The fourth-order valence-electron chi connectivity index (χ4n) is 1.69. The SMILES string of the molecule is CCCS(=O)(=O)CCn1cccc1C(C)N. The van der Waals surface area contributed by atoms with E-state index in [2.05, 4.69) is 0 Å². The van der Waals surface area contributed by atoms with Crippen molar-refractivity contribution in [3.05, 3.63) is 24.0 Å². The van der Waals surface area contributed by atoms with Gasteiger partial charge in [-0.05, 0) is 25.5 Å². The predicted octanol–water partition coefficient (Wildman–Crippen LogP) is 1.33. The summed E-state index contributed by atoms with van der Waals surface area (Å²) in [6, 6.07) is 3.76. The van der Waals surface area contributed by atoms with Gasteiger partial charge in [-0.1, -0.05) is 6.92 Å². The zero-order valence-corrected chi connectivity index (χ0v) is 10.7. The molecule has 2 N–H and O–H groups in total. The summed E-state index contributed by atoms with van der Waals surface area (Å²) in [5, 5.41) is 0. The number of aromatic nitrogens is 1. The minimum absolute atomic E-state index is 0.0659. The van der Waals surface area contributed by atoms with Crippen molar-refractivity contribution < 1.29 is 8.42 Å². The van der Waals surface area contributed by atoms with Crippen LogP contribution in [0.15, 0.2) is 18.3 Å². The summed E-state index contributed by atoms with van der Waals surface area (Å²) in [6.45, 7) is 4.26. The first-order valence-corrected chi connectivity index (χ1v) is 7.39. The molecule has 0 amide bonds. The molecule has 0 aromatic carbocycles. The zero-order valence-electron chi connectivity index (χ0n) is 9.89. The summed E-state index contributed by atoms with van der Waals surface area (Å²) in [6.07, 6.45) is 2.55. The topological polar surface area (TPSA) is 65.1 Å². The van der Waals surface area contributed by atoms with Gasteiger partial charge < -0.3 is 10.3 Å². The first-order valence-electron chi connectivity index (χ1n) is 5.57. The van der Waals surface area contributed by atoms with E-state index in [1.165, 1.54) is 0 Å². The van der Waals surface area contributed by atoms with E-state index in [1.54, 1.807) is 0 Å². The molecular formula is C11H20N2O2S. The summed E-state index contributed by atoms with van der Waals surface area (Å²) in [7, 11) is -2.91. The van der Waals surface area contributed by atoms with Crippen LogP contribution in [0.1, 0.15) is 32.0 Å². The maximum Gasteiger partial charge on any atom is 0.152 e. The number of hydrogen-bond donors (Lipinski definition) is 1. The van der Waals surface area contributed by atoms with Crippen LogP contribution in [0.2, 0.25) is 0 Å². The largest absolute Gasteiger partial charge is 0.349 e. The van der Waals surface area contributed by atoms with Gasteiger partial charge in [-0.15, -0.1) is 0 Å². The Balaban J connectivity index is 2.65. The number of sulfone groups is 1. The highest BCUT2D eigenvalue weighted by molar-refractivity contribution is 7.91. The Kier molecular flexibility index (Phi) is 4.56. The molecule has 16 heavy (non-hydrogen) atoms. The van der Waals surface area contributed by atoms with E-state index < -0.39 is 9.84 Å². The number of nitrogens with two attached hydrogens (primary N) is 1. The lowest BCUT2D eigenvalue weighted by molar-refractivity contribution is 0.582. The molecule has 1 unspecified atom stereocenters.